The maximum atomic E-state index is 5.40. The molecule has 11 aromatic rings. The van der Waals surface area contributed by atoms with Crippen LogP contribution in [0.5, 0.6) is 0 Å². The van der Waals surface area contributed by atoms with Crippen LogP contribution in [0.25, 0.3) is 111 Å². The number of benzene rings is 9. The van der Waals surface area contributed by atoms with E-state index in [-0.39, 0.29) is 0 Å². The van der Waals surface area contributed by atoms with E-state index in [9.17, 15) is 0 Å². The standard InChI is InChI=1S/C59H39N3/c1-5-17-40(18-6-1)44-25-13-28-48(35-44)54-39-55(62-59(61-54)50-30-15-26-45(37-50)41-19-7-2-8-20-41)49-29-14-27-46(36-49)47-33-34-52-56(38-47)60-58(43-23-11-4-12-24-43)53-32-16-31-51(57(52)53)42-21-9-3-10-22-42/h1-39H. The third kappa shape index (κ3) is 7.12. The third-order valence-electron chi connectivity index (χ3n) is 11.7. The topological polar surface area (TPSA) is 38.7 Å². The Kier molecular flexibility index (Phi) is 9.53. The summed E-state index contributed by atoms with van der Waals surface area (Å²) in [7, 11) is 0. The normalized spacial score (nSPS) is 11.2. The van der Waals surface area contributed by atoms with Crippen molar-refractivity contribution in [3.63, 3.8) is 0 Å². The van der Waals surface area contributed by atoms with Crippen LogP contribution in [0.3, 0.4) is 0 Å². The van der Waals surface area contributed by atoms with Crippen LogP contribution < -0.4 is 0 Å². The van der Waals surface area contributed by atoms with Crippen LogP contribution in [0, 0.1) is 0 Å². The van der Waals surface area contributed by atoms with Crippen molar-refractivity contribution in [2.75, 3.05) is 0 Å². The predicted molar refractivity (Wildman–Crippen MR) is 258 cm³/mol. The molecule has 3 nitrogen and oxygen atoms in total. The second-order valence-corrected chi connectivity index (χ2v) is 15.6. The Morgan fingerprint density at radius 1 is 0.242 bits per heavy atom. The highest BCUT2D eigenvalue weighted by Crippen LogP contribution is 2.40. The van der Waals surface area contributed by atoms with Gasteiger partial charge in [-0.25, -0.2) is 15.0 Å². The van der Waals surface area contributed by atoms with Crippen LogP contribution in [0.15, 0.2) is 237 Å². The van der Waals surface area contributed by atoms with Crippen molar-refractivity contribution in [1.82, 2.24) is 15.0 Å². The van der Waals surface area contributed by atoms with Crippen molar-refractivity contribution < 1.29 is 0 Å². The van der Waals surface area contributed by atoms with Gasteiger partial charge in [0.15, 0.2) is 5.82 Å². The van der Waals surface area contributed by atoms with E-state index in [0.29, 0.717) is 5.82 Å². The molecule has 2 heterocycles. The zero-order valence-corrected chi connectivity index (χ0v) is 33.9. The quantitative estimate of drug-likeness (QED) is 0.144. The minimum Gasteiger partial charge on any atom is -0.247 e. The number of nitrogens with zero attached hydrogens (tertiary/aromatic N) is 3. The molecule has 0 amide bonds. The first-order valence-corrected chi connectivity index (χ1v) is 21.0. The SMILES string of the molecule is c1ccc(-c2cccc(-c3cc(-c4cccc(-c5ccc6c(c5)nc(-c5ccccc5)c5cccc(-c7ccccc7)c56)c4)nc(-c4cccc(-c5ccccc5)c4)n3)c2)cc1. The number of fused-ring (bicyclic) bond motifs is 3. The van der Waals surface area contributed by atoms with Gasteiger partial charge in [-0.2, -0.15) is 0 Å². The molecule has 0 aliphatic rings. The zero-order valence-electron chi connectivity index (χ0n) is 33.9. The van der Waals surface area contributed by atoms with Crippen LogP contribution >= 0.6 is 0 Å². The molecule has 0 unspecified atom stereocenters. The molecule has 0 radical (unpaired) electrons. The molecule has 0 fully saturated rings. The first-order chi connectivity index (χ1) is 30.7. The molecule has 0 bridgehead atoms. The Morgan fingerprint density at radius 3 is 1.26 bits per heavy atom. The first kappa shape index (κ1) is 36.8. The molecule has 0 atom stereocenters. The average molecular weight is 790 g/mol. The molecule has 0 saturated heterocycles. The fourth-order valence-corrected chi connectivity index (χ4v) is 8.60. The van der Waals surface area contributed by atoms with Gasteiger partial charge in [0.05, 0.1) is 22.6 Å². The van der Waals surface area contributed by atoms with Gasteiger partial charge >= 0.3 is 0 Å². The number of pyridine rings is 1. The predicted octanol–water partition coefficient (Wildman–Crippen LogP) is 15.5. The Balaban J connectivity index is 1.06. The first-order valence-electron chi connectivity index (χ1n) is 21.0. The highest BCUT2D eigenvalue weighted by Gasteiger charge is 2.17. The maximum absolute atomic E-state index is 5.40. The Hall–Kier alpha value is -8.27. The number of aromatic nitrogens is 3. The molecule has 2 aromatic heterocycles. The lowest BCUT2D eigenvalue weighted by atomic mass is 9.92. The second-order valence-electron chi connectivity index (χ2n) is 15.6. The summed E-state index contributed by atoms with van der Waals surface area (Å²) in [5, 5.41) is 3.47. The minimum atomic E-state index is 0.676. The summed E-state index contributed by atoms with van der Waals surface area (Å²) >= 11 is 0. The molecule has 9 aromatic carbocycles. The molecule has 62 heavy (non-hydrogen) atoms. The molecular formula is C59H39N3. The highest BCUT2D eigenvalue weighted by molar-refractivity contribution is 6.17. The van der Waals surface area contributed by atoms with E-state index in [1.165, 1.54) is 16.5 Å². The lowest BCUT2D eigenvalue weighted by Crippen LogP contribution is -1.97. The number of hydrogen-bond donors (Lipinski definition) is 0. The summed E-state index contributed by atoms with van der Waals surface area (Å²) in [4.78, 5) is 15.9. The Bertz CT molecular complexity index is 3280. The van der Waals surface area contributed by atoms with E-state index in [1.54, 1.807) is 0 Å². The number of hydrogen-bond acceptors (Lipinski definition) is 3. The number of rotatable bonds is 8. The summed E-state index contributed by atoms with van der Waals surface area (Å²) in [6.07, 6.45) is 0. The largest absolute Gasteiger partial charge is 0.247 e. The van der Waals surface area contributed by atoms with E-state index < -0.39 is 0 Å². The summed E-state index contributed by atoms with van der Waals surface area (Å²) in [5.74, 6) is 0.676. The van der Waals surface area contributed by atoms with Crippen molar-refractivity contribution in [3.05, 3.63) is 237 Å². The van der Waals surface area contributed by atoms with Gasteiger partial charge in [0.1, 0.15) is 0 Å². The van der Waals surface area contributed by atoms with Gasteiger partial charge < -0.3 is 0 Å². The van der Waals surface area contributed by atoms with E-state index in [1.807, 2.05) is 12.1 Å². The lowest BCUT2D eigenvalue weighted by molar-refractivity contribution is 1.18. The fraction of sp³-hybridized carbons (Fsp3) is 0. The molecule has 0 N–H and O–H groups in total. The van der Waals surface area contributed by atoms with Crippen molar-refractivity contribution in [2.24, 2.45) is 0 Å². The van der Waals surface area contributed by atoms with Crippen LogP contribution in [0.4, 0.5) is 0 Å². The van der Waals surface area contributed by atoms with Crippen LogP contribution in [-0.4, -0.2) is 15.0 Å². The van der Waals surface area contributed by atoms with E-state index in [2.05, 4.69) is 224 Å². The molecule has 0 saturated carbocycles. The van der Waals surface area contributed by atoms with Gasteiger partial charge in [0.2, 0.25) is 0 Å². The highest BCUT2D eigenvalue weighted by atomic mass is 14.9. The maximum Gasteiger partial charge on any atom is 0.160 e. The summed E-state index contributed by atoms with van der Waals surface area (Å²) in [5.41, 5.74) is 16.9. The Labute approximate surface area is 361 Å². The minimum absolute atomic E-state index is 0.676. The van der Waals surface area contributed by atoms with Gasteiger partial charge in [0, 0.05) is 38.4 Å². The molecule has 0 aliphatic heterocycles. The molecule has 11 rings (SSSR count). The van der Waals surface area contributed by atoms with Gasteiger partial charge in [-0.1, -0.05) is 206 Å². The van der Waals surface area contributed by atoms with Crippen molar-refractivity contribution in [1.29, 1.82) is 0 Å². The molecule has 290 valence electrons. The van der Waals surface area contributed by atoms with Crippen molar-refractivity contribution in [3.8, 4) is 89.7 Å². The fourth-order valence-electron chi connectivity index (χ4n) is 8.60. The summed E-state index contributed by atoms with van der Waals surface area (Å²) in [6, 6.07) is 83.4. The monoisotopic (exact) mass is 789 g/mol. The smallest absolute Gasteiger partial charge is 0.160 e. The van der Waals surface area contributed by atoms with Crippen molar-refractivity contribution >= 4 is 21.7 Å². The lowest BCUT2D eigenvalue weighted by Gasteiger charge is -2.15. The van der Waals surface area contributed by atoms with Gasteiger partial charge in [-0.15, -0.1) is 0 Å². The van der Waals surface area contributed by atoms with E-state index in [4.69, 9.17) is 15.0 Å². The van der Waals surface area contributed by atoms with Crippen molar-refractivity contribution in [2.45, 2.75) is 0 Å². The Morgan fingerprint density at radius 2 is 0.677 bits per heavy atom. The average Bonchev–Trinajstić information content (AvgIpc) is 3.37. The molecular weight excluding hydrogens is 751 g/mol. The van der Waals surface area contributed by atoms with Crippen LogP contribution in [-0.2, 0) is 0 Å². The van der Waals surface area contributed by atoms with Gasteiger partial charge in [-0.05, 0) is 74.8 Å². The molecule has 0 spiro atoms. The third-order valence-corrected chi connectivity index (χ3v) is 11.7. The van der Waals surface area contributed by atoms with Gasteiger partial charge in [-0.3, -0.25) is 0 Å². The van der Waals surface area contributed by atoms with Crippen LogP contribution in [0.2, 0.25) is 0 Å². The summed E-state index contributed by atoms with van der Waals surface area (Å²) < 4.78 is 0. The molecule has 0 aliphatic carbocycles. The zero-order chi connectivity index (χ0) is 41.2. The molecule has 3 heteroatoms. The van der Waals surface area contributed by atoms with E-state index in [0.717, 1.165) is 89.0 Å². The van der Waals surface area contributed by atoms with E-state index >= 15 is 0 Å². The van der Waals surface area contributed by atoms with Crippen LogP contribution in [0.1, 0.15) is 0 Å². The summed E-state index contributed by atoms with van der Waals surface area (Å²) in [6.45, 7) is 0. The van der Waals surface area contributed by atoms with Gasteiger partial charge in [0.25, 0.3) is 0 Å². The second kappa shape index (κ2) is 16.1.